The fourth-order valence-electron chi connectivity index (χ4n) is 3.26. The molecule has 0 heterocycles. The van der Waals surface area contributed by atoms with Gasteiger partial charge in [0.2, 0.25) is 0 Å². The Hall–Kier alpha value is -2.47. The number of phenols is 1. The normalized spacial score (nSPS) is 17.6. The Morgan fingerprint density at radius 2 is 1.81 bits per heavy atom. The summed E-state index contributed by atoms with van der Waals surface area (Å²) in [6.45, 7) is 6.61. The van der Waals surface area contributed by atoms with E-state index in [2.05, 4.69) is 32.9 Å². The van der Waals surface area contributed by atoms with E-state index in [4.69, 9.17) is 10.00 Å². The quantitative estimate of drug-likeness (QED) is 0.656. The smallest absolute Gasteiger partial charge is 0.161 e. The van der Waals surface area contributed by atoms with E-state index in [0.29, 0.717) is 17.2 Å². The van der Waals surface area contributed by atoms with Crippen molar-refractivity contribution in [2.75, 3.05) is 0 Å². The van der Waals surface area contributed by atoms with E-state index >= 15 is 0 Å². The molecule has 0 bridgehead atoms. The fraction of sp³-hybridized carbons (Fsp3) is 0.435. The second-order valence-corrected chi connectivity index (χ2v) is 6.92. The lowest BCUT2D eigenvalue weighted by Gasteiger charge is -2.20. The first-order chi connectivity index (χ1) is 12.6. The van der Waals surface area contributed by atoms with Crippen molar-refractivity contribution in [1.29, 1.82) is 5.26 Å². The van der Waals surface area contributed by atoms with E-state index in [9.17, 15) is 5.11 Å². The number of benzene rings is 2. The molecular formula is C23H29NO2. The highest BCUT2D eigenvalue weighted by Crippen LogP contribution is 2.41. The number of nitriles is 1. The van der Waals surface area contributed by atoms with Crippen LogP contribution in [0.25, 0.3) is 0 Å². The van der Waals surface area contributed by atoms with Gasteiger partial charge in [0, 0.05) is 12.0 Å². The van der Waals surface area contributed by atoms with Crippen molar-refractivity contribution in [3.05, 3.63) is 59.2 Å². The van der Waals surface area contributed by atoms with Crippen LogP contribution in [0.4, 0.5) is 0 Å². The number of hydrogen-bond donors (Lipinski definition) is 1. The molecule has 0 saturated carbocycles. The van der Waals surface area contributed by atoms with Gasteiger partial charge in [-0.25, -0.2) is 0 Å². The van der Waals surface area contributed by atoms with Crippen LogP contribution in [0, 0.1) is 17.2 Å². The number of ether oxygens (including phenoxy) is 1. The molecule has 0 fully saturated rings. The van der Waals surface area contributed by atoms with Crippen molar-refractivity contribution < 1.29 is 9.84 Å². The summed E-state index contributed by atoms with van der Waals surface area (Å²) in [6.07, 6.45) is 6.47. The highest BCUT2D eigenvalue weighted by molar-refractivity contribution is 5.46. The van der Waals surface area contributed by atoms with Crippen molar-refractivity contribution in [3.63, 3.8) is 0 Å². The third kappa shape index (κ3) is 5.02. The molecule has 0 saturated heterocycles. The topological polar surface area (TPSA) is 53.2 Å². The number of phenolic OH excluding ortho intramolecular Hbond substituents is 1. The zero-order valence-corrected chi connectivity index (χ0v) is 16.0. The maximum Gasteiger partial charge on any atom is 0.161 e. The van der Waals surface area contributed by atoms with Crippen LogP contribution in [-0.4, -0.2) is 5.11 Å². The summed E-state index contributed by atoms with van der Waals surface area (Å²) >= 11 is 0. The van der Waals surface area contributed by atoms with Gasteiger partial charge < -0.3 is 9.84 Å². The number of hydrogen-bond acceptors (Lipinski definition) is 3. The summed E-state index contributed by atoms with van der Waals surface area (Å²) in [6, 6.07) is 15.0. The molecule has 1 aliphatic rings. The zero-order chi connectivity index (χ0) is 18.9. The van der Waals surface area contributed by atoms with Gasteiger partial charge in [-0.1, -0.05) is 70.7 Å². The molecule has 1 unspecified atom stereocenters. The van der Waals surface area contributed by atoms with Crippen LogP contribution in [0.1, 0.15) is 69.2 Å². The molecule has 3 heteroatoms. The van der Waals surface area contributed by atoms with Gasteiger partial charge in [-0.05, 0) is 29.7 Å². The third-order valence-corrected chi connectivity index (χ3v) is 4.72. The second kappa shape index (κ2) is 9.87. The van der Waals surface area contributed by atoms with Crippen molar-refractivity contribution >= 4 is 0 Å². The highest BCUT2D eigenvalue weighted by Gasteiger charge is 2.31. The SMILES string of the molecule is CCCCCC.C[C@@H]1Cc2ccccc2C1Oc1ccc(C#N)cc1O. The molecule has 0 spiro atoms. The first-order valence-electron chi connectivity index (χ1n) is 9.58. The molecule has 1 aliphatic carbocycles. The monoisotopic (exact) mass is 351 g/mol. The van der Waals surface area contributed by atoms with Crippen LogP contribution in [0.3, 0.4) is 0 Å². The van der Waals surface area contributed by atoms with E-state index < -0.39 is 0 Å². The molecule has 26 heavy (non-hydrogen) atoms. The molecule has 1 N–H and O–H groups in total. The third-order valence-electron chi connectivity index (χ3n) is 4.72. The van der Waals surface area contributed by atoms with Gasteiger partial charge >= 0.3 is 0 Å². The van der Waals surface area contributed by atoms with E-state index in [-0.39, 0.29) is 11.9 Å². The molecule has 0 aromatic heterocycles. The van der Waals surface area contributed by atoms with Crippen molar-refractivity contribution in [3.8, 4) is 17.6 Å². The second-order valence-electron chi connectivity index (χ2n) is 6.92. The minimum Gasteiger partial charge on any atom is -0.504 e. The molecule has 0 amide bonds. The van der Waals surface area contributed by atoms with Gasteiger partial charge in [-0.3, -0.25) is 0 Å². The Bertz CT molecular complexity index is 744. The average Bonchev–Trinajstić information content (AvgIpc) is 2.97. The largest absolute Gasteiger partial charge is 0.504 e. The number of unbranched alkanes of at least 4 members (excludes halogenated alkanes) is 3. The van der Waals surface area contributed by atoms with Crippen LogP contribution in [-0.2, 0) is 6.42 Å². The van der Waals surface area contributed by atoms with Gasteiger partial charge in [-0.15, -0.1) is 0 Å². The number of nitrogens with zero attached hydrogens (tertiary/aromatic N) is 1. The minimum absolute atomic E-state index is 0.0145. The summed E-state index contributed by atoms with van der Waals surface area (Å²) in [4.78, 5) is 0. The van der Waals surface area contributed by atoms with Crippen molar-refractivity contribution in [1.82, 2.24) is 0 Å². The summed E-state index contributed by atoms with van der Waals surface area (Å²) in [5, 5.41) is 18.7. The Morgan fingerprint density at radius 3 is 2.42 bits per heavy atom. The molecule has 3 nitrogen and oxygen atoms in total. The molecule has 2 atom stereocenters. The number of aromatic hydroxyl groups is 1. The zero-order valence-electron chi connectivity index (χ0n) is 16.0. The first-order valence-corrected chi connectivity index (χ1v) is 9.58. The van der Waals surface area contributed by atoms with Crippen LogP contribution >= 0.6 is 0 Å². The molecule has 2 aromatic rings. The van der Waals surface area contributed by atoms with Crippen LogP contribution in [0.15, 0.2) is 42.5 Å². The van der Waals surface area contributed by atoms with Crippen LogP contribution in [0.5, 0.6) is 11.5 Å². The van der Waals surface area contributed by atoms with Gasteiger partial charge in [0.25, 0.3) is 0 Å². The maximum absolute atomic E-state index is 9.94. The lowest BCUT2D eigenvalue weighted by molar-refractivity contribution is 0.154. The molecule has 0 aliphatic heterocycles. The standard InChI is InChI=1S/C17H15NO2.C6H14/c1-11-8-13-4-2-3-5-14(13)17(11)20-16-7-6-12(10-18)9-15(16)19;1-3-5-6-4-2/h2-7,9,11,17,19H,8H2,1H3;3-6H2,1-2H3/t11-,17?;/m1./s1. The Morgan fingerprint density at radius 1 is 1.12 bits per heavy atom. The van der Waals surface area contributed by atoms with E-state index in [1.165, 1.54) is 42.9 Å². The molecular weight excluding hydrogens is 322 g/mol. The molecule has 3 rings (SSSR count). The van der Waals surface area contributed by atoms with E-state index in [0.717, 1.165) is 6.42 Å². The fourth-order valence-corrected chi connectivity index (χ4v) is 3.26. The summed E-state index contributed by atoms with van der Waals surface area (Å²) < 4.78 is 5.98. The van der Waals surface area contributed by atoms with Gasteiger partial charge in [0.15, 0.2) is 11.5 Å². The van der Waals surface area contributed by atoms with Gasteiger partial charge in [0.1, 0.15) is 6.10 Å². The first kappa shape index (κ1) is 19.8. The predicted octanol–water partition coefficient (Wildman–Crippen LogP) is 6.16. The number of rotatable bonds is 5. The lowest BCUT2D eigenvalue weighted by atomic mass is 10.1. The maximum atomic E-state index is 9.94. The highest BCUT2D eigenvalue weighted by atomic mass is 16.5. The molecule has 0 radical (unpaired) electrons. The molecule has 138 valence electrons. The lowest BCUT2D eigenvalue weighted by Crippen LogP contribution is -2.11. The Labute approximate surface area is 157 Å². The average molecular weight is 351 g/mol. The van der Waals surface area contributed by atoms with Crippen molar-refractivity contribution in [2.45, 2.75) is 59.0 Å². The van der Waals surface area contributed by atoms with Gasteiger partial charge in [-0.2, -0.15) is 5.26 Å². The summed E-state index contributed by atoms with van der Waals surface area (Å²) in [5.74, 6) is 0.806. The Kier molecular flexibility index (Phi) is 7.53. The number of fused-ring (bicyclic) bond motifs is 1. The summed E-state index contributed by atoms with van der Waals surface area (Å²) in [7, 11) is 0. The van der Waals surface area contributed by atoms with E-state index in [1.54, 1.807) is 12.1 Å². The molecule has 2 aromatic carbocycles. The predicted molar refractivity (Wildman–Crippen MR) is 105 cm³/mol. The van der Waals surface area contributed by atoms with Gasteiger partial charge in [0.05, 0.1) is 11.6 Å². The van der Waals surface area contributed by atoms with Crippen LogP contribution in [0.2, 0.25) is 0 Å². The minimum atomic E-state index is -0.0509. The Balaban J connectivity index is 0.000000352. The van der Waals surface area contributed by atoms with E-state index in [1.807, 2.05) is 18.2 Å². The van der Waals surface area contributed by atoms with Crippen LogP contribution < -0.4 is 4.74 Å². The summed E-state index contributed by atoms with van der Waals surface area (Å²) in [5.41, 5.74) is 2.91. The van der Waals surface area contributed by atoms with Crippen molar-refractivity contribution in [2.24, 2.45) is 5.92 Å².